The highest BCUT2D eigenvalue weighted by Crippen LogP contribution is 2.49. The zero-order valence-corrected chi connectivity index (χ0v) is 50.7. The number of hydrogen-bond donors (Lipinski definition) is 0. The number of hydrogen-bond acceptors (Lipinski definition) is 8. The van der Waals surface area contributed by atoms with Gasteiger partial charge in [0.2, 0.25) is 13.4 Å². The smallest absolute Gasteiger partial charge is 0.338 e. The largest absolute Gasteiger partial charge is 0.457 e. The van der Waals surface area contributed by atoms with Gasteiger partial charge < -0.3 is 19.3 Å². The Labute approximate surface area is 546 Å². The van der Waals surface area contributed by atoms with Gasteiger partial charge in [-0.2, -0.15) is 0 Å². The van der Waals surface area contributed by atoms with Crippen molar-refractivity contribution in [2.24, 2.45) is 0 Å². The van der Waals surface area contributed by atoms with Crippen LogP contribution in [0.25, 0.3) is 54.6 Å². The van der Waals surface area contributed by atoms with Crippen molar-refractivity contribution in [1.82, 2.24) is 0 Å². The minimum atomic E-state index is -0.502. The fourth-order valence-electron chi connectivity index (χ4n) is 15.4. The second-order valence-electron chi connectivity index (χ2n) is 24.9. The zero-order valence-electron chi connectivity index (χ0n) is 52.7. The van der Waals surface area contributed by atoms with Crippen molar-refractivity contribution >= 4 is 136 Å². The van der Waals surface area contributed by atoms with Crippen molar-refractivity contribution in [3.05, 3.63) is 324 Å². The molecule has 0 atom stereocenters. The van der Waals surface area contributed by atoms with Crippen LogP contribution in [0.15, 0.2) is 279 Å². The third-order valence-electron chi connectivity index (χ3n) is 19.5. The number of para-hydroxylation sites is 2. The summed E-state index contributed by atoms with van der Waals surface area (Å²) < 4.78 is 33.2. The maximum atomic E-state index is 14.9. The molecule has 0 saturated carbocycles. The van der Waals surface area contributed by atoms with Gasteiger partial charge >= 0.3 is 11.9 Å². The Balaban J connectivity index is 0.899. The van der Waals surface area contributed by atoms with Crippen molar-refractivity contribution < 1.29 is 31.4 Å². The zero-order chi connectivity index (χ0) is 64.4. The minimum absolute atomic E-state index is 0.0107. The topological polar surface area (TPSA) is 93.2 Å². The maximum absolute atomic E-state index is 14.9. The monoisotopic (exact) mass is 1210 g/mol. The lowest BCUT2D eigenvalue weighted by Gasteiger charge is -2.42. The van der Waals surface area contributed by atoms with Crippen LogP contribution < -0.4 is 42.6 Å². The summed E-state index contributed by atoms with van der Waals surface area (Å²) in [7, 11) is 0. The Morgan fingerprint density at radius 3 is 1.27 bits per heavy atom. The second kappa shape index (κ2) is 21.9. The molecule has 14 aromatic rings. The molecule has 0 N–H and O–H groups in total. The van der Waals surface area contributed by atoms with E-state index in [9.17, 15) is 21.9 Å². The Kier molecular flexibility index (Phi) is 12.3. The number of rotatable bonds is 14. The van der Waals surface area contributed by atoms with Crippen LogP contribution in [0.5, 0.6) is 0 Å². The summed E-state index contributed by atoms with van der Waals surface area (Å²) in [5.74, 6) is -1.02. The van der Waals surface area contributed by atoms with E-state index < -0.39 is 25.4 Å². The first-order valence-electron chi connectivity index (χ1n) is 32.8. The lowest BCUT2D eigenvalue weighted by molar-refractivity contribution is 0.0464. The van der Waals surface area contributed by atoms with Gasteiger partial charge in [0.1, 0.15) is 13.2 Å². The number of carbonyl (C=O) groups is 4. The Morgan fingerprint density at radius 2 is 0.745 bits per heavy atom. The molecular formula is C84H54B2N2O6. The first kappa shape index (κ1) is 52.9. The molecule has 0 spiro atoms. The first-order valence-corrected chi connectivity index (χ1v) is 31.8. The van der Waals surface area contributed by atoms with E-state index in [1.54, 1.807) is 0 Å². The summed E-state index contributed by atoms with van der Waals surface area (Å²) in [6.07, 6.45) is 0.249. The van der Waals surface area contributed by atoms with Crippen LogP contribution in [-0.2, 0) is 35.5 Å². The van der Waals surface area contributed by atoms with Gasteiger partial charge in [-0.1, -0.05) is 229 Å². The predicted octanol–water partition coefficient (Wildman–Crippen LogP) is 14.7. The predicted molar refractivity (Wildman–Crippen MR) is 380 cm³/mol. The Hall–Kier alpha value is -11.9. The van der Waals surface area contributed by atoms with E-state index in [1.807, 2.05) is 200 Å². The summed E-state index contributed by atoms with van der Waals surface area (Å²) in [6, 6.07) is 87.4. The highest BCUT2D eigenvalue weighted by atomic mass is 16.5. The molecule has 94 heavy (non-hydrogen) atoms. The Bertz CT molecular complexity index is 5610. The van der Waals surface area contributed by atoms with Crippen molar-refractivity contribution in [1.29, 1.82) is 0 Å². The number of ether oxygens (including phenoxy) is 2. The van der Waals surface area contributed by atoms with Crippen molar-refractivity contribution in [2.75, 3.05) is 9.80 Å². The SMILES string of the molecule is [2H]c1cc2c3c(cc4c([2H])cc5c6c(cc1c3c46)B1c3ccc(CC(=O)c4ccccc4)cc3N(c3ccccc3)c3cc(C(=O)OCc4ccccc4)cc-5c31)B1c3ccc(C(=O)OCc4ccccc4)cc3N(c3ccccc3)c3cc(CC(=O)c4ccccc4)cc-2c31. The summed E-state index contributed by atoms with van der Waals surface area (Å²) in [5.41, 5.74) is 19.2. The van der Waals surface area contributed by atoms with Crippen LogP contribution >= 0.6 is 0 Å². The average molecular weight is 1210 g/mol. The van der Waals surface area contributed by atoms with Crippen LogP contribution in [0.1, 0.15) is 66.4 Å². The molecule has 0 bridgehead atoms. The number of fused-ring (bicyclic) bond motifs is 8. The number of carbonyl (C=O) groups excluding carboxylic acids is 4. The van der Waals surface area contributed by atoms with Crippen LogP contribution in [0, 0.1) is 0 Å². The van der Waals surface area contributed by atoms with Crippen LogP contribution in [0.2, 0.25) is 0 Å². The highest BCUT2D eigenvalue weighted by Gasteiger charge is 2.46. The number of ketones is 2. The van der Waals surface area contributed by atoms with Gasteiger partial charge in [-0.05, 0) is 159 Å². The van der Waals surface area contributed by atoms with Gasteiger partial charge in [0, 0.05) is 58.1 Å². The van der Waals surface area contributed by atoms with E-state index in [0.717, 1.165) is 138 Å². The third kappa shape index (κ3) is 8.85. The third-order valence-corrected chi connectivity index (χ3v) is 19.5. The van der Waals surface area contributed by atoms with Crippen LogP contribution in [-0.4, -0.2) is 36.9 Å². The summed E-state index contributed by atoms with van der Waals surface area (Å²) in [4.78, 5) is 62.4. The number of nitrogens with zero attached hydrogens (tertiary/aromatic N) is 2. The molecule has 10 heteroatoms. The standard InChI is InChI=1S/C84H54B2N2O6/c89-75(55-23-11-3-12-24-55)42-53-31-37-67-71(40-53)87(61-27-15-5-16-28-61)74-48-60(84(92)94-50-52-21-9-2-10-22-52)44-66-64-36-33-58-45-69-79-63(35-32-57-46-70(85(67)82(66)74)80(64)78(58)77(57)79)65-39-54(43-76(90)56-25-13-4-14-26-56)41-73-81(65)86(69)68-38-34-59(83(91)93-49-51-19-7-1-8-20-51)47-72(68)88(73)62-29-17-6-18-30-62/h1-41,44-48H,42-43,49-50H2/i32D,33D. The van der Waals surface area contributed by atoms with E-state index >= 15 is 0 Å². The summed E-state index contributed by atoms with van der Waals surface area (Å²) in [5, 5.41) is 4.99. The summed E-state index contributed by atoms with van der Waals surface area (Å²) in [6.45, 7) is -0.741. The van der Waals surface area contributed by atoms with Crippen molar-refractivity contribution in [3.8, 4) is 22.3 Å². The van der Waals surface area contributed by atoms with Crippen LogP contribution in [0.4, 0.5) is 34.1 Å². The van der Waals surface area contributed by atoms with Crippen molar-refractivity contribution in [3.63, 3.8) is 0 Å². The highest BCUT2D eigenvalue weighted by molar-refractivity contribution is 7.02. The van der Waals surface area contributed by atoms with Gasteiger partial charge in [-0.15, -0.1) is 0 Å². The minimum Gasteiger partial charge on any atom is -0.457 e. The molecule has 14 aromatic carbocycles. The molecule has 4 heterocycles. The lowest BCUT2D eigenvalue weighted by Crippen LogP contribution is -2.60. The molecule has 0 aliphatic carbocycles. The van der Waals surface area contributed by atoms with Gasteiger partial charge in [0.05, 0.1) is 13.9 Å². The lowest BCUT2D eigenvalue weighted by atomic mass is 9.31. The first-order chi connectivity index (χ1) is 47.1. The van der Waals surface area contributed by atoms with Gasteiger partial charge in [0.15, 0.2) is 11.6 Å². The molecule has 0 unspecified atom stereocenters. The van der Waals surface area contributed by atoms with Crippen molar-refractivity contribution in [2.45, 2.75) is 26.1 Å². The van der Waals surface area contributed by atoms with E-state index in [2.05, 4.69) is 76.5 Å². The van der Waals surface area contributed by atoms with E-state index in [0.29, 0.717) is 33.7 Å². The number of benzene rings is 14. The molecular weight excluding hydrogens is 1150 g/mol. The molecule has 442 valence electrons. The van der Waals surface area contributed by atoms with Gasteiger partial charge in [-0.3, -0.25) is 9.59 Å². The molecule has 0 saturated heterocycles. The molecule has 0 amide bonds. The normalized spacial score (nSPS) is 13.0. The fourth-order valence-corrected chi connectivity index (χ4v) is 15.4. The number of anilines is 6. The quantitative estimate of drug-likeness (QED) is 0.0460. The van der Waals surface area contributed by atoms with Gasteiger partial charge in [0.25, 0.3) is 0 Å². The van der Waals surface area contributed by atoms with Crippen LogP contribution in [0.3, 0.4) is 0 Å². The molecule has 4 aliphatic rings. The van der Waals surface area contributed by atoms with Gasteiger partial charge in [-0.25, -0.2) is 9.59 Å². The maximum Gasteiger partial charge on any atom is 0.338 e. The average Bonchev–Trinajstić information content (AvgIpc) is 0.672. The fraction of sp³-hybridized carbons (Fsp3) is 0.0476. The van der Waals surface area contributed by atoms with E-state index in [1.165, 1.54) is 0 Å². The molecule has 0 aromatic heterocycles. The number of Topliss-reactive ketones (excluding diaryl/α,β-unsaturated/α-hetero) is 2. The molecule has 4 aliphatic heterocycles. The molecule has 0 fully saturated rings. The summed E-state index contributed by atoms with van der Waals surface area (Å²) >= 11 is 0. The molecule has 0 radical (unpaired) electrons. The number of esters is 2. The molecule has 18 rings (SSSR count). The van der Waals surface area contributed by atoms with E-state index in [4.69, 9.17) is 9.47 Å². The Morgan fingerprint density at radius 1 is 0.330 bits per heavy atom. The molecule has 8 nitrogen and oxygen atoms in total. The van der Waals surface area contributed by atoms with E-state index in [-0.39, 0.29) is 43.7 Å². The second-order valence-corrected chi connectivity index (χ2v) is 24.9.